The highest BCUT2D eigenvalue weighted by atomic mass is 35.5. The Labute approximate surface area is 227 Å². The molecule has 38 heavy (non-hydrogen) atoms. The second kappa shape index (κ2) is 11.7. The number of hydrogen-bond donors (Lipinski definition) is 3. The molecule has 1 aromatic heterocycles. The summed E-state index contributed by atoms with van der Waals surface area (Å²) in [5.74, 6) is -0.603. The third kappa shape index (κ3) is 6.13. The summed E-state index contributed by atoms with van der Waals surface area (Å²) in [6.07, 6.45) is 7.49. The van der Waals surface area contributed by atoms with Crippen molar-refractivity contribution < 1.29 is 19.1 Å². The molecule has 2 saturated carbocycles. The van der Waals surface area contributed by atoms with Gasteiger partial charge in [0, 0.05) is 37.3 Å². The van der Waals surface area contributed by atoms with E-state index in [0.29, 0.717) is 62.1 Å². The van der Waals surface area contributed by atoms with E-state index in [9.17, 15) is 14.4 Å². The number of rotatable bonds is 9. The fraction of sp³-hybridized carbons (Fsp3) is 0.556. The number of hydrogen-bond acceptors (Lipinski definition) is 6. The average molecular weight is 543 g/mol. The maximum Gasteiger partial charge on any atom is 0.272 e. The van der Waals surface area contributed by atoms with E-state index in [1.165, 1.54) is 19.2 Å². The van der Waals surface area contributed by atoms with Crippen molar-refractivity contribution in [1.82, 2.24) is 14.9 Å². The Kier molecular flexibility index (Phi) is 8.18. The summed E-state index contributed by atoms with van der Waals surface area (Å²) in [4.78, 5) is 44.5. The molecule has 10 nitrogen and oxygen atoms in total. The van der Waals surface area contributed by atoms with Crippen molar-refractivity contribution in [2.45, 2.75) is 51.0 Å². The monoisotopic (exact) mass is 542 g/mol. The molecule has 0 radical (unpaired) electrons. The standard InChI is InChI=1S/C27H35ClN6O4/c28-21-8-7-20(33-11-13-38-14-12-33)15-22(21)32-26(36)18-3-5-19(6-4-18)34-16-31-23(24(34)25(29)35)27(37)30-10-9-17-1-2-17/h7-8,15-19H,1-6,9-14H2,(H2,29,35)(H,30,37)(H,32,36). The van der Waals surface area contributed by atoms with Crippen LogP contribution in [0.4, 0.5) is 11.4 Å². The number of nitrogens with one attached hydrogen (secondary N) is 2. The predicted molar refractivity (Wildman–Crippen MR) is 145 cm³/mol. The molecule has 2 aliphatic carbocycles. The van der Waals surface area contributed by atoms with E-state index in [-0.39, 0.29) is 35.2 Å². The molecule has 2 heterocycles. The molecule has 4 N–H and O–H groups in total. The van der Waals surface area contributed by atoms with Gasteiger partial charge in [0.05, 0.1) is 30.3 Å². The molecule has 3 amide bonds. The van der Waals surface area contributed by atoms with Crippen molar-refractivity contribution >= 4 is 40.7 Å². The van der Waals surface area contributed by atoms with Crippen molar-refractivity contribution in [2.75, 3.05) is 43.1 Å². The molecule has 0 spiro atoms. The number of amides is 3. The van der Waals surface area contributed by atoms with Crippen molar-refractivity contribution in [1.29, 1.82) is 0 Å². The summed E-state index contributed by atoms with van der Waals surface area (Å²) in [5.41, 5.74) is 7.48. The Morgan fingerprint density at radius 1 is 1.08 bits per heavy atom. The number of ether oxygens (including phenoxy) is 1. The first-order chi connectivity index (χ1) is 18.4. The van der Waals surface area contributed by atoms with Crippen LogP contribution in [0.2, 0.25) is 5.02 Å². The van der Waals surface area contributed by atoms with E-state index in [2.05, 4.69) is 20.5 Å². The van der Waals surface area contributed by atoms with Gasteiger partial charge >= 0.3 is 0 Å². The number of morpholine rings is 1. The van der Waals surface area contributed by atoms with Crippen LogP contribution in [-0.4, -0.2) is 60.1 Å². The summed E-state index contributed by atoms with van der Waals surface area (Å²) in [6, 6.07) is 5.62. The smallest absolute Gasteiger partial charge is 0.272 e. The molecule has 3 aliphatic rings. The Balaban J connectivity index is 1.19. The fourth-order valence-corrected chi connectivity index (χ4v) is 5.57. The lowest BCUT2D eigenvalue weighted by Crippen LogP contribution is -2.36. The lowest BCUT2D eigenvalue weighted by Gasteiger charge is -2.30. The molecule has 0 atom stereocenters. The van der Waals surface area contributed by atoms with Gasteiger partial charge in [0.25, 0.3) is 11.8 Å². The topological polar surface area (TPSA) is 132 Å². The van der Waals surface area contributed by atoms with Crippen LogP contribution in [0.25, 0.3) is 0 Å². The summed E-state index contributed by atoms with van der Waals surface area (Å²) in [5, 5.41) is 6.38. The van der Waals surface area contributed by atoms with E-state index in [1.54, 1.807) is 4.57 Å². The number of primary amides is 1. The first kappa shape index (κ1) is 26.5. The first-order valence-corrected chi connectivity index (χ1v) is 13.9. The van der Waals surface area contributed by atoms with E-state index >= 15 is 0 Å². The van der Waals surface area contributed by atoms with Gasteiger partial charge in [-0.1, -0.05) is 24.4 Å². The zero-order chi connectivity index (χ0) is 26.6. The number of benzene rings is 1. The highest BCUT2D eigenvalue weighted by molar-refractivity contribution is 6.33. The largest absolute Gasteiger partial charge is 0.378 e. The second-order valence-electron chi connectivity index (χ2n) is 10.5. The molecule has 1 saturated heterocycles. The van der Waals surface area contributed by atoms with E-state index in [1.807, 2.05) is 18.2 Å². The fourth-order valence-electron chi connectivity index (χ4n) is 5.41. The lowest BCUT2D eigenvalue weighted by atomic mass is 9.85. The van der Waals surface area contributed by atoms with Gasteiger partial charge in [0.2, 0.25) is 5.91 Å². The van der Waals surface area contributed by atoms with Gasteiger partial charge in [-0.15, -0.1) is 0 Å². The van der Waals surface area contributed by atoms with Crippen LogP contribution in [0, 0.1) is 11.8 Å². The van der Waals surface area contributed by atoms with Crippen LogP contribution < -0.4 is 21.3 Å². The number of nitrogens with zero attached hydrogens (tertiary/aromatic N) is 3. The van der Waals surface area contributed by atoms with Crippen LogP contribution in [-0.2, 0) is 9.53 Å². The minimum Gasteiger partial charge on any atom is -0.378 e. The van der Waals surface area contributed by atoms with Crippen LogP contribution in [0.3, 0.4) is 0 Å². The van der Waals surface area contributed by atoms with Crippen molar-refractivity contribution in [3.63, 3.8) is 0 Å². The number of aromatic nitrogens is 2. The van der Waals surface area contributed by atoms with E-state index in [4.69, 9.17) is 22.1 Å². The molecule has 0 bridgehead atoms. The molecule has 11 heteroatoms. The highest BCUT2D eigenvalue weighted by Crippen LogP contribution is 2.35. The molecule has 3 fully saturated rings. The third-order valence-corrected chi connectivity index (χ3v) is 8.15. The normalized spacial score (nSPS) is 21.7. The van der Waals surface area contributed by atoms with Gasteiger partial charge in [-0.25, -0.2) is 4.98 Å². The summed E-state index contributed by atoms with van der Waals surface area (Å²) in [6.45, 7) is 3.51. The maximum atomic E-state index is 13.1. The number of halogens is 1. The van der Waals surface area contributed by atoms with Gasteiger partial charge in [0.15, 0.2) is 5.69 Å². The number of imidazole rings is 1. The Morgan fingerprint density at radius 3 is 2.50 bits per heavy atom. The van der Waals surface area contributed by atoms with Crippen LogP contribution in [0.5, 0.6) is 0 Å². The molecule has 5 rings (SSSR count). The third-order valence-electron chi connectivity index (χ3n) is 7.82. The Bertz CT molecular complexity index is 1180. The molecule has 204 valence electrons. The number of anilines is 2. The van der Waals surface area contributed by atoms with E-state index in [0.717, 1.165) is 25.2 Å². The first-order valence-electron chi connectivity index (χ1n) is 13.5. The molecular formula is C27H35ClN6O4. The van der Waals surface area contributed by atoms with E-state index < -0.39 is 5.91 Å². The summed E-state index contributed by atoms with van der Waals surface area (Å²) >= 11 is 6.40. The molecule has 1 aliphatic heterocycles. The highest BCUT2D eigenvalue weighted by Gasteiger charge is 2.32. The van der Waals surface area contributed by atoms with Crippen LogP contribution in [0.1, 0.15) is 72.0 Å². The molecule has 0 unspecified atom stereocenters. The van der Waals surface area contributed by atoms with Gasteiger partial charge in [-0.2, -0.15) is 0 Å². The number of carbonyl (C=O) groups excluding carboxylic acids is 3. The lowest BCUT2D eigenvalue weighted by molar-refractivity contribution is -0.121. The summed E-state index contributed by atoms with van der Waals surface area (Å²) < 4.78 is 7.15. The van der Waals surface area contributed by atoms with Crippen molar-refractivity contribution in [3.05, 3.63) is 40.9 Å². The quantitative estimate of drug-likeness (QED) is 0.445. The number of nitrogens with two attached hydrogens (primary N) is 1. The van der Waals surface area contributed by atoms with Crippen LogP contribution in [0.15, 0.2) is 24.5 Å². The van der Waals surface area contributed by atoms with Gasteiger partial charge in [0.1, 0.15) is 5.69 Å². The second-order valence-corrected chi connectivity index (χ2v) is 10.9. The SMILES string of the molecule is NC(=O)c1c(C(=O)NCCC2CC2)ncn1C1CCC(C(=O)Nc2cc(N3CCOCC3)ccc2Cl)CC1. The van der Waals surface area contributed by atoms with Crippen LogP contribution >= 0.6 is 11.6 Å². The summed E-state index contributed by atoms with van der Waals surface area (Å²) in [7, 11) is 0. The predicted octanol–water partition coefficient (Wildman–Crippen LogP) is 3.37. The number of carbonyl (C=O) groups is 3. The Hall–Kier alpha value is -3.11. The molecular weight excluding hydrogens is 508 g/mol. The zero-order valence-corrected chi connectivity index (χ0v) is 22.2. The van der Waals surface area contributed by atoms with Gasteiger partial charge < -0.3 is 30.6 Å². The molecule has 2 aromatic rings. The average Bonchev–Trinajstić information content (AvgIpc) is 3.64. The maximum absolute atomic E-state index is 13.1. The minimum absolute atomic E-state index is 0.0599. The van der Waals surface area contributed by atoms with Gasteiger partial charge in [-0.05, 0) is 56.2 Å². The van der Waals surface area contributed by atoms with Gasteiger partial charge in [-0.3, -0.25) is 14.4 Å². The minimum atomic E-state index is -0.676. The van der Waals surface area contributed by atoms with Crippen molar-refractivity contribution in [2.24, 2.45) is 17.6 Å². The Morgan fingerprint density at radius 2 is 1.82 bits per heavy atom. The zero-order valence-electron chi connectivity index (χ0n) is 21.5. The molecule has 1 aromatic carbocycles. The van der Waals surface area contributed by atoms with Crippen molar-refractivity contribution in [3.8, 4) is 0 Å².